The maximum Gasteiger partial charge on any atom is 0.343 e. The first kappa shape index (κ1) is 21.5. The van der Waals surface area contributed by atoms with Gasteiger partial charge in [0.1, 0.15) is 18.1 Å². The highest BCUT2D eigenvalue weighted by Crippen LogP contribution is 2.18. The van der Waals surface area contributed by atoms with Crippen LogP contribution in [0.1, 0.15) is 38.0 Å². The van der Waals surface area contributed by atoms with Crippen LogP contribution in [0.15, 0.2) is 91.0 Å². The monoisotopic (exact) mass is 416 g/mol. The molecule has 156 valence electrons. The van der Waals surface area contributed by atoms with Gasteiger partial charge in [-0.05, 0) is 55.0 Å². The summed E-state index contributed by atoms with van der Waals surface area (Å²) in [5.74, 6) is -1.50. The first-order valence-corrected chi connectivity index (χ1v) is 9.43. The van der Waals surface area contributed by atoms with Gasteiger partial charge >= 0.3 is 17.9 Å². The smallest absolute Gasteiger partial charge is 0.343 e. The quantitative estimate of drug-likeness (QED) is 0.311. The second kappa shape index (κ2) is 10.0. The number of carbonyl (C=O) groups excluding carboxylic acids is 3. The van der Waals surface area contributed by atoms with Gasteiger partial charge in [0.05, 0.1) is 16.7 Å². The van der Waals surface area contributed by atoms with Crippen molar-refractivity contribution >= 4 is 17.9 Å². The van der Waals surface area contributed by atoms with Crippen molar-refractivity contribution in [1.82, 2.24) is 0 Å². The highest BCUT2D eigenvalue weighted by atomic mass is 16.5. The highest BCUT2D eigenvalue weighted by Gasteiger charge is 2.20. The maximum atomic E-state index is 12.6. The molecule has 0 aliphatic heterocycles. The summed E-state index contributed by atoms with van der Waals surface area (Å²) in [7, 11) is 0. The van der Waals surface area contributed by atoms with Gasteiger partial charge in [-0.1, -0.05) is 43.0 Å². The summed E-state index contributed by atoms with van der Waals surface area (Å²) in [5.41, 5.74) is 0.683. The first-order valence-electron chi connectivity index (χ1n) is 9.43. The Kier molecular flexibility index (Phi) is 6.96. The summed E-state index contributed by atoms with van der Waals surface area (Å²) >= 11 is 0. The predicted octanol–water partition coefficient (Wildman–Crippen LogP) is 4.86. The van der Waals surface area contributed by atoms with E-state index in [0.29, 0.717) is 17.1 Å². The molecule has 0 amide bonds. The Labute approximate surface area is 179 Å². The van der Waals surface area contributed by atoms with Crippen LogP contribution in [-0.4, -0.2) is 24.5 Å². The third-order valence-electron chi connectivity index (χ3n) is 4.00. The zero-order valence-corrected chi connectivity index (χ0v) is 16.9. The van der Waals surface area contributed by atoms with Crippen LogP contribution >= 0.6 is 0 Å². The number of carbonyl (C=O) groups is 3. The lowest BCUT2D eigenvalue weighted by molar-refractivity contribution is 0.0540. The van der Waals surface area contributed by atoms with Crippen LogP contribution in [0.4, 0.5) is 0 Å². The minimum Gasteiger partial charge on any atom is -0.458 e. The Morgan fingerprint density at radius 2 is 1.06 bits per heavy atom. The molecule has 0 saturated heterocycles. The zero-order chi connectivity index (χ0) is 22.2. The molecule has 0 bridgehead atoms. The van der Waals surface area contributed by atoms with E-state index >= 15 is 0 Å². The molecule has 0 aliphatic rings. The second-order valence-electron chi connectivity index (χ2n) is 6.74. The lowest BCUT2D eigenvalue weighted by atomic mass is 10.1. The Morgan fingerprint density at radius 3 is 1.45 bits per heavy atom. The molecule has 6 nitrogen and oxygen atoms in total. The van der Waals surface area contributed by atoms with Crippen LogP contribution in [0, 0.1) is 0 Å². The van der Waals surface area contributed by atoms with Gasteiger partial charge in [-0.15, -0.1) is 0 Å². The average Bonchev–Trinajstić information content (AvgIpc) is 2.78. The largest absolute Gasteiger partial charge is 0.458 e. The number of hydrogen-bond acceptors (Lipinski definition) is 6. The van der Waals surface area contributed by atoms with Crippen LogP contribution in [0.5, 0.6) is 11.5 Å². The van der Waals surface area contributed by atoms with E-state index in [4.69, 9.17) is 14.2 Å². The van der Waals surface area contributed by atoms with E-state index < -0.39 is 17.9 Å². The Bertz CT molecular complexity index is 1030. The van der Waals surface area contributed by atoms with E-state index in [2.05, 4.69) is 6.58 Å². The molecule has 0 N–H and O–H groups in total. The number of esters is 3. The van der Waals surface area contributed by atoms with Gasteiger partial charge in [-0.3, -0.25) is 0 Å². The Hall–Kier alpha value is -4.19. The van der Waals surface area contributed by atoms with Crippen molar-refractivity contribution in [2.24, 2.45) is 0 Å². The van der Waals surface area contributed by atoms with E-state index in [-0.39, 0.29) is 23.3 Å². The van der Waals surface area contributed by atoms with Crippen molar-refractivity contribution in [1.29, 1.82) is 0 Å². The van der Waals surface area contributed by atoms with E-state index in [9.17, 15) is 14.4 Å². The molecule has 0 spiro atoms. The molecule has 3 aromatic carbocycles. The van der Waals surface area contributed by atoms with Crippen molar-refractivity contribution in [3.8, 4) is 11.5 Å². The van der Waals surface area contributed by atoms with Crippen molar-refractivity contribution in [2.75, 3.05) is 6.61 Å². The lowest BCUT2D eigenvalue weighted by Gasteiger charge is -2.10. The van der Waals surface area contributed by atoms with Crippen LogP contribution < -0.4 is 9.47 Å². The minimum absolute atomic E-state index is 0.00800. The molecule has 6 heteroatoms. The van der Waals surface area contributed by atoms with Crippen molar-refractivity contribution in [3.63, 3.8) is 0 Å². The van der Waals surface area contributed by atoms with E-state index in [1.54, 1.807) is 67.6 Å². The molecular weight excluding hydrogens is 396 g/mol. The van der Waals surface area contributed by atoms with Crippen LogP contribution in [0.25, 0.3) is 0 Å². The van der Waals surface area contributed by atoms with Crippen molar-refractivity contribution in [2.45, 2.75) is 6.92 Å². The van der Waals surface area contributed by atoms with Gasteiger partial charge in [-0.25, -0.2) is 14.4 Å². The Balaban J connectivity index is 1.91. The summed E-state index contributed by atoms with van der Waals surface area (Å²) in [5, 5.41) is 0. The lowest BCUT2D eigenvalue weighted by Crippen LogP contribution is -2.16. The summed E-state index contributed by atoms with van der Waals surface area (Å²) in [4.78, 5) is 37.7. The number of hydrogen-bond donors (Lipinski definition) is 0. The average molecular weight is 416 g/mol. The number of para-hydroxylation sites is 2. The fourth-order valence-corrected chi connectivity index (χ4v) is 2.56. The van der Waals surface area contributed by atoms with Gasteiger partial charge < -0.3 is 14.2 Å². The third kappa shape index (κ3) is 6.14. The molecule has 31 heavy (non-hydrogen) atoms. The van der Waals surface area contributed by atoms with E-state index in [1.807, 2.05) is 0 Å². The molecule has 0 aromatic heterocycles. The summed E-state index contributed by atoms with van der Waals surface area (Å²) in [6.07, 6.45) is 0. The van der Waals surface area contributed by atoms with Crippen molar-refractivity contribution < 1.29 is 28.6 Å². The standard InChI is InChI=1S/C25H20O6/c1-17(2)16-29-23(26)18-13-19(24(27)30-21-9-5-3-6-10-21)15-20(14-18)25(28)31-22-11-7-4-8-12-22/h3-15H,1,16H2,2H3. The van der Waals surface area contributed by atoms with Crippen LogP contribution in [0.3, 0.4) is 0 Å². The fraction of sp³-hybridized carbons (Fsp3) is 0.0800. The zero-order valence-electron chi connectivity index (χ0n) is 16.9. The maximum absolute atomic E-state index is 12.6. The van der Waals surface area contributed by atoms with Crippen LogP contribution in [-0.2, 0) is 4.74 Å². The Morgan fingerprint density at radius 1 is 0.677 bits per heavy atom. The molecule has 0 radical (unpaired) electrons. The molecule has 3 rings (SSSR count). The molecule has 0 fully saturated rings. The molecule has 3 aromatic rings. The minimum atomic E-state index is -0.727. The topological polar surface area (TPSA) is 78.9 Å². The SMILES string of the molecule is C=C(C)COC(=O)c1cc(C(=O)Oc2ccccc2)cc(C(=O)Oc2ccccc2)c1. The fourth-order valence-electron chi connectivity index (χ4n) is 2.56. The highest BCUT2D eigenvalue weighted by molar-refractivity contribution is 6.01. The molecule has 0 aliphatic carbocycles. The number of benzene rings is 3. The molecule has 0 saturated carbocycles. The molecule has 0 heterocycles. The van der Waals surface area contributed by atoms with E-state index in [0.717, 1.165) is 0 Å². The van der Waals surface area contributed by atoms with Gasteiger partial charge in [0.25, 0.3) is 0 Å². The predicted molar refractivity (Wildman–Crippen MR) is 114 cm³/mol. The molecule has 0 unspecified atom stereocenters. The third-order valence-corrected chi connectivity index (χ3v) is 4.00. The van der Waals surface area contributed by atoms with Crippen LogP contribution in [0.2, 0.25) is 0 Å². The van der Waals surface area contributed by atoms with Gasteiger partial charge in [0.15, 0.2) is 0 Å². The van der Waals surface area contributed by atoms with E-state index in [1.165, 1.54) is 18.2 Å². The van der Waals surface area contributed by atoms with Gasteiger partial charge in [-0.2, -0.15) is 0 Å². The number of ether oxygens (including phenoxy) is 3. The second-order valence-corrected chi connectivity index (χ2v) is 6.74. The molecule has 0 atom stereocenters. The summed E-state index contributed by atoms with van der Waals surface area (Å²) in [6.45, 7) is 5.41. The normalized spacial score (nSPS) is 10.1. The molecular formula is C25H20O6. The van der Waals surface area contributed by atoms with Gasteiger partial charge in [0, 0.05) is 0 Å². The van der Waals surface area contributed by atoms with Gasteiger partial charge in [0.2, 0.25) is 0 Å². The first-order chi connectivity index (χ1) is 14.9. The van der Waals surface area contributed by atoms with Crippen molar-refractivity contribution in [3.05, 3.63) is 108 Å². The number of rotatable bonds is 7. The summed E-state index contributed by atoms with van der Waals surface area (Å²) in [6, 6.07) is 20.9. The summed E-state index contributed by atoms with van der Waals surface area (Å²) < 4.78 is 15.8.